The van der Waals surface area contributed by atoms with E-state index in [1.54, 1.807) is 18.4 Å². The first-order chi connectivity index (χ1) is 6.74. The first-order valence-electron chi connectivity index (χ1n) is 4.19. The smallest absolute Gasteiger partial charge is 0.355 e. The Morgan fingerprint density at radius 1 is 1.71 bits per heavy atom. The molecule has 2 rings (SSSR count). The monoisotopic (exact) mass is 212 g/mol. The molecule has 1 aliphatic heterocycles. The Balaban J connectivity index is 2.18. The van der Waals surface area contributed by atoms with Gasteiger partial charge in [-0.05, 0) is 18.4 Å². The summed E-state index contributed by atoms with van der Waals surface area (Å²) in [5.74, 6) is -0.424. The van der Waals surface area contributed by atoms with Gasteiger partial charge in [-0.15, -0.1) is 11.3 Å². The van der Waals surface area contributed by atoms with Gasteiger partial charge in [-0.2, -0.15) is 0 Å². The van der Waals surface area contributed by atoms with Gasteiger partial charge >= 0.3 is 5.97 Å². The van der Waals surface area contributed by atoms with Gasteiger partial charge in [0.15, 0.2) is 0 Å². The van der Waals surface area contributed by atoms with E-state index in [0.717, 1.165) is 0 Å². The molecule has 74 valence electrons. The lowest BCUT2D eigenvalue weighted by molar-refractivity contribution is -0.148. The van der Waals surface area contributed by atoms with Crippen LogP contribution < -0.4 is 4.74 Å². The second kappa shape index (κ2) is 3.42. The molecule has 0 spiro atoms. The van der Waals surface area contributed by atoms with Gasteiger partial charge in [-0.3, -0.25) is 4.79 Å². The Morgan fingerprint density at radius 2 is 2.50 bits per heavy atom. The van der Waals surface area contributed by atoms with E-state index >= 15 is 0 Å². The zero-order valence-electron chi connectivity index (χ0n) is 7.48. The van der Waals surface area contributed by atoms with Crippen LogP contribution in [0.15, 0.2) is 11.4 Å². The minimum absolute atomic E-state index is 0.250. The predicted octanol–water partition coefficient (Wildman–Crippen LogP) is 1.25. The molecule has 2 heterocycles. The molecule has 0 saturated heterocycles. The summed E-state index contributed by atoms with van der Waals surface area (Å²) in [5.41, 5.74) is 0. The number of fused-ring (bicyclic) bond motifs is 1. The molecule has 0 aromatic carbocycles. The SMILES string of the molecule is CCOC(=O)C1Oc2ccsc2C1=O. The lowest BCUT2D eigenvalue weighted by Crippen LogP contribution is -2.32. The molecule has 0 bridgehead atoms. The van der Waals surface area contributed by atoms with Crippen molar-refractivity contribution < 1.29 is 19.1 Å². The maximum atomic E-state index is 11.6. The van der Waals surface area contributed by atoms with Crippen LogP contribution in [0.2, 0.25) is 0 Å². The Labute approximate surface area is 84.4 Å². The highest BCUT2D eigenvalue weighted by Crippen LogP contribution is 2.33. The van der Waals surface area contributed by atoms with Crippen LogP contribution in [-0.4, -0.2) is 24.5 Å². The molecule has 0 fully saturated rings. The fourth-order valence-corrected chi connectivity index (χ4v) is 2.03. The van der Waals surface area contributed by atoms with Crippen LogP contribution in [0.1, 0.15) is 16.6 Å². The summed E-state index contributed by atoms with van der Waals surface area (Å²) >= 11 is 1.28. The summed E-state index contributed by atoms with van der Waals surface area (Å²) in [4.78, 5) is 23.3. The summed E-state index contributed by atoms with van der Waals surface area (Å²) in [6.07, 6.45) is -1.09. The molecule has 0 aliphatic carbocycles. The third-order valence-corrected chi connectivity index (χ3v) is 2.75. The van der Waals surface area contributed by atoms with E-state index in [1.165, 1.54) is 11.3 Å². The molecule has 1 aliphatic rings. The number of thiophene rings is 1. The van der Waals surface area contributed by atoms with Crippen molar-refractivity contribution >= 4 is 23.1 Å². The molecule has 14 heavy (non-hydrogen) atoms. The largest absolute Gasteiger partial charge is 0.469 e. The lowest BCUT2D eigenvalue weighted by atomic mass is 10.2. The van der Waals surface area contributed by atoms with Crippen molar-refractivity contribution in [2.75, 3.05) is 6.61 Å². The number of hydrogen-bond acceptors (Lipinski definition) is 5. The quantitative estimate of drug-likeness (QED) is 0.547. The van der Waals surface area contributed by atoms with Gasteiger partial charge < -0.3 is 9.47 Å². The Kier molecular flexibility index (Phi) is 2.25. The average molecular weight is 212 g/mol. The molecule has 4 nitrogen and oxygen atoms in total. The standard InChI is InChI=1S/C9H8O4S/c1-2-12-9(11)7-6(10)8-5(13-7)3-4-14-8/h3-4,7H,2H2,1H3. The van der Waals surface area contributed by atoms with Crippen molar-refractivity contribution in [3.63, 3.8) is 0 Å². The third-order valence-electron chi connectivity index (χ3n) is 1.84. The zero-order chi connectivity index (χ0) is 10.1. The molecule has 1 atom stereocenters. The molecular formula is C9H8O4S. The van der Waals surface area contributed by atoms with Gasteiger partial charge in [0.2, 0.25) is 5.78 Å². The number of carbonyl (C=O) groups is 2. The number of rotatable bonds is 2. The Morgan fingerprint density at radius 3 is 3.14 bits per heavy atom. The van der Waals surface area contributed by atoms with Crippen LogP contribution in [0.5, 0.6) is 5.75 Å². The molecule has 0 N–H and O–H groups in total. The molecule has 1 unspecified atom stereocenters. The Hall–Kier alpha value is -1.36. The maximum absolute atomic E-state index is 11.6. The van der Waals surface area contributed by atoms with E-state index in [9.17, 15) is 9.59 Å². The second-order valence-electron chi connectivity index (χ2n) is 2.73. The third kappa shape index (κ3) is 1.29. The van der Waals surface area contributed by atoms with Crippen molar-refractivity contribution in [1.82, 2.24) is 0 Å². The van der Waals surface area contributed by atoms with Crippen molar-refractivity contribution in [1.29, 1.82) is 0 Å². The number of esters is 1. The van der Waals surface area contributed by atoms with Gasteiger partial charge in [-0.1, -0.05) is 0 Å². The summed E-state index contributed by atoms with van der Waals surface area (Å²) in [6, 6.07) is 1.68. The fraction of sp³-hybridized carbons (Fsp3) is 0.333. The van der Waals surface area contributed by atoms with Crippen LogP contribution in [-0.2, 0) is 9.53 Å². The van der Waals surface area contributed by atoms with Crippen LogP contribution in [0, 0.1) is 0 Å². The number of ether oxygens (including phenoxy) is 2. The second-order valence-corrected chi connectivity index (χ2v) is 3.64. The minimum Gasteiger partial charge on any atom is -0.469 e. The fourth-order valence-electron chi connectivity index (χ4n) is 1.24. The van der Waals surface area contributed by atoms with E-state index in [0.29, 0.717) is 10.6 Å². The van der Waals surface area contributed by atoms with Gasteiger partial charge in [0, 0.05) is 0 Å². The van der Waals surface area contributed by atoms with Crippen LogP contribution in [0.25, 0.3) is 0 Å². The van der Waals surface area contributed by atoms with Crippen molar-refractivity contribution in [2.24, 2.45) is 0 Å². The highest BCUT2D eigenvalue weighted by Gasteiger charge is 2.39. The van der Waals surface area contributed by atoms with Gasteiger partial charge in [0.25, 0.3) is 6.10 Å². The molecule has 1 aromatic heterocycles. The molecule has 0 amide bonds. The average Bonchev–Trinajstić information content (AvgIpc) is 2.69. The van der Waals surface area contributed by atoms with Gasteiger partial charge in [-0.25, -0.2) is 4.79 Å². The molecule has 5 heteroatoms. The van der Waals surface area contributed by atoms with Crippen molar-refractivity contribution in [2.45, 2.75) is 13.0 Å². The van der Waals surface area contributed by atoms with Crippen LogP contribution >= 0.6 is 11.3 Å². The van der Waals surface area contributed by atoms with E-state index in [4.69, 9.17) is 9.47 Å². The summed E-state index contributed by atoms with van der Waals surface area (Å²) < 4.78 is 9.88. The summed E-state index contributed by atoms with van der Waals surface area (Å²) in [5, 5.41) is 1.75. The van der Waals surface area contributed by atoms with Crippen molar-refractivity contribution in [3.05, 3.63) is 16.3 Å². The van der Waals surface area contributed by atoms with E-state index < -0.39 is 12.1 Å². The highest BCUT2D eigenvalue weighted by atomic mass is 32.1. The first kappa shape index (κ1) is 9.21. The summed E-state index contributed by atoms with van der Waals surface area (Å²) in [7, 11) is 0. The van der Waals surface area contributed by atoms with E-state index in [-0.39, 0.29) is 12.4 Å². The van der Waals surface area contributed by atoms with E-state index in [1.807, 2.05) is 0 Å². The van der Waals surface area contributed by atoms with Crippen LogP contribution in [0.4, 0.5) is 0 Å². The lowest BCUT2D eigenvalue weighted by Gasteiger charge is -2.07. The highest BCUT2D eigenvalue weighted by molar-refractivity contribution is 7.12. The van der Waals surface area contributed by atoms with Gasteiger partial charge in [0.05, 0.1) is 6.61 Å². The van der Waals surface area contributed by atoms with Gasteiger partial charge in [0.1, 0.15) is 10.6 Å². The molecular weight excluding hydrogens is 204 g/mol. The molecule has 0 radical (unpaired) electrons. The number of Topliss-reactive ketones (excluding diaryl/α,β-unsaturated/α-hetero) is 1. The molecule has 1 aromatic rings. The normalized spacial score (nSPS) is 18.9. The first-order valence-corrected chi connectivity index (χ1v) is 5.07. The predicted molar refractivity (Wildman–Crippen MR) is 49.7 cm³/mol. The zero-order valence-corrected chi connectivity index (χ0v) is 8.30. The number of carbonyl (C=O) groups excluding carboxylic acids is 2. The van der Waals surface area contributed by atoms with E-state index in [2.05, 4.69) is 0 Å². The van der Waals surface area contributed by atoms with Crippen molar-refractivity contribution in [3.8, 4) is 5.75 Å². The number of hydrogen-bond donors (Lipinski definition) is 0. The summed E-state index contributed by atoms with van der Waals surface area (Å²) in [6.45, 7) is 1.94. The molecule has 0 saturated carbocycles. The maximum Gasteiger partial charge on any atom is 0.355 e. The Bertz CT molecular complexity index is 382. The van der Waals surface area contributed by atoms with Crippen LogP contribution in [0.3, 0.4) is 0 Å². The topological polar surface area (TPSA) is 52.6 Å². The number of ketones is 1. The minimum atomic E-state index is -1.09.